The number of aromatic nitrogens is 2. The summed E-state index contributed by atoms with van der Waals surface area (Å²) in [5.74, 6) is 0.331. The molecule has 174 valence electrons. The molecule has 1 aliphatic carbocycles. The van der Waals surface area contributed by atoms with Gasteiger partial charge in [0, 0.05) is 6.04 Å². The Labute approximate surface area is 201 Å². The van der Waals surface area contributed by atoms with Gasteiger partial charge in [0.1, 0.15) is 5.82 Å². The number of amides is 1. The molecule has 1 aromatic heterocycles. The minimum atomic E-state index is -0.569. The number of halogens is 2. The van der Waals surface area contributed by atoms with Crippen molar-refractivity contribution in [3.63, 3.8) is 0 Å². The third-order valence-electron chi connectivity index (χ3n) is 6.59. The van der Waals surface area contributed by atoms with E-state index < -0.39 is 11.1 Å². The minimum Gasteiger partial charge on any atom is -0.352 e. The molecule has 8 heteroatoms. The first kappa shape index (κ1) is 23.8. The lowest BCUT2D eigenvalue weighted by atomic mass is 9.78. The molecule has 3 aromatic rings. The fourth-order valence-electron chi connectivity index (χ4n) is 4.34. The van der Waals surface area contributed by atoms with E-state index in [0.717, 1.165) is 12.8 Å². The number of benzene rings is 2. The smallest absolute Gasteiger partial charge is 0.266 e. The molecule has 1 saturated carbocycles. The lowest BCUT2D eigenvalue weighted by molar-refractivity contribution is -0.121. The monoisotopic (exact) mass is 487 g/mol. The van der Waals surface area contributed by atoms with Gasteiger partial charge in [-0.25, -0.2) is 9.37 Å². The van der Waals surface area contributed by atoms with Crippen LogP contribution in [-0.2, 0) is 4.79 Å². The highest BCUT2D eigenvalue weighted by Gasteiger charge is 2.30. The third-order valence-corrected chi connectivity index (χ3v) is 7.93. The van der Waals surface area contributed by atoms with E-state index in [1.807, 2.05) is 6.07 Å². The highest BCUT2D eigenvalue weighted by atomic mass is 35.5. The van der Waals surface area contributed by atoms with E-state index in [9.17, 15) is 14.0 Å². The lowest BCUT2D eigenvalue weighted by Gasteiger charge is -2.35. The number of hydrogen-bond donors (Lipinski definition) is 1. The van der Waals surface area contributed by atoms with Gasteiger partial charge in [0.25, 0.3) is 5.56 Å². The molecule has 1 N–H and O–H groups in total. The van der Waals surface area contributed by atoms with Crippen molar-refractivity contribution in [1.82, 2.24) is 14.9 Å². The zero-order valence-corrected chi connectivity index (χ0v) is 20.4. The van der Waals surface area contributed by atoms with E-state index in [4.69, 9.17) is 11.6 Å². The summed E-state index contributed by atoms with van der Waals surface area (Å²) in [5, 5.41) is 3.42. The second kappa shape index (κ2) is 9.85. The second-order valence-electron chi connectivity index (χ2n) is 8.79. The quantitative estimate of drug-likeness (QED) is 0.376. The van der Waals surface area contributed by atoms with Crippen LogP contribution < -0.4 is 10.9 Å². The molecule has 1 heterocycles. The Kier molecular flexibility index (Phi) is 7.10. The molecule has 1 amide bonds. The summed E-state index contributed by atoms with van der Waals surface area (Å²) in [5.41, 5.74) is 0.638. The van der Waals surface area contributed by atoms with Crippen molar-refractivity contribution in [2.75, 3.05) is 0 Å². The summed E-state index contributed by atoms with van der Waals surface area (Å²) in [7, 11) is 0. The summed E-state index contributed by atoms with van der Waals surface area (Å²) >= 11 is 7.20. The summed E-state index contributed by atoms with van der Waals surface area (Å²) in [4.78, 5) is 31.1. The van der Waals surface area contributed by atoms with Gasteiger partial charge >= 0.3 is 0 Å². The first-order chi connectivity index (χ1) is 15.8. The standard InChI is InChI=1S/C25H27ClFN3O2S/c1-14-7-6-10-21(15(14)2)28-23(31)16(3)33-25-29-22-9-5-4-8-18(22)24(32)30(25)17-11-12-20(27)19(26)13-17/h4-5,8-9,11-16,21H,6-7,10H2,1-3H3,(H,28,31)/t14-,15+,16-,21+/m0/s1. The van der Waals surface area contributed by atoms with Crippen LogP contribution in [0.2, 0.25) is 5.02 Å². The second-order valence-corrected chi connectivity index (χ2v) is 10.5. The van der Waals surface area contributed by atoms with Crippen molar-refractivity contribution in [2.45, 2.75) is 56.5 Å². The fourth-order valence-corrected chi connectivity index (χ4v) is 5.45. The number of carbonyl (C=O) groups is 1. The Balaban J connectivity index is 1.68. The van der Waals surface area contributed by atoms with E-state index >= 15 is 0 Å². The Morgan fingerprint density at radius 1 is 1.24 bits per heavy atom. The van der Waals surface area contributed by atoms with Gasteiger partial charge in [-0.15, -0.1) is 0 Å². The maximum Gasteiger partial charge on any atom is 0.266 e. The van der Waals surface area contributed by atoms with Crippen LogP contribution in [0, 0.1) is 17.7 Å². The highest BCUT2D eigenvalue weighted by Crippen LogP contribution is 2.31. The predicted molar refractivity (Wildman–Crippen MR) is 132 cm³/mol. The predicted octanol–water partition coefficient (Wildman–Crippen LogP) is 5.60. The van der Waals surface area contributed by atoms with E-state index in [2.05, 4.69) is 24.1 Å². The van der Waals surface area contributed by atoms with Crippen molar-refractivity contribution >= 4 is 40.2 Å². The van der Waals surface area contributed by atoms with E-state index in [-0.39, 0.29) is 22.5 Å². The van der Waals surface area contributed by atoms with Crippen LogP contribution in [0.5, 0.6) is 0 Å². The summed E-state index contributed by atoms with van der Waals surface area (Å²) in [6.07, 6.45) is 3.27. The number of hydrogen-bond acceptors (Lipinski definition) is 4. The van der Waals surface area contributed by atoms with Gasteiger partial charge in [-0.2, -0.15) is 0 Å². The largest absolute Gasteiger partial charge is 0.352 e. The molecule has 0 radical (unpaired) electrons. The van der Waals surface area contributed by atoms with Crippen molar-refractivity contribution in [1.29, 1.82) is 0 Å². The maximum absolute atomic E-state index is 13.8. The number of thioether (sulfide) groups is 1. The fraction of sp³-hybridized carbons (Fsp3) is 0.400. The van der Waals surface area contributed by atoms with Crippen molar-refractivity contribution in [3.8, 4) is 5.69 Å². The summed E-state index contributed by atoms with van der Waals surface area (Å²) in [6, 6.07) is 11.3. The van der Waals surface area contributed by atoms with Gasteiger partial charge in [-0.05, 0) is 55.5 Å². The summed E-state index contributed by atoms with van der Waals surface area (Å²) in [6.45, 7) is 6.22. The van der Waals surface area contributed by atoms with E-state index in [1.54, 1.807) is 25.1 Å². The van der Waals surface area contributed by atoms with Gasteiger partial charge in [0.15, 0.2) is 5.16 Å². The molecule has 0 spiro atoms. The molecule has 2 aromatic carbocycles. The Hall–Kier alpha value is -2.38. The molecular weight excluding hydrogens is 461 g/mol. The first-order valence-electron chi connectivity index (χ1n) is 11.2. The topological polar surface area (TPSA) is 64.0 Å². The van der Waals surface area contributed by atoms with E-state index in [0.29, 0.717) is 33.6 Å². The Morgan fingerprint density at radius 2 is 2.00 bits per heavy atom. The average Bonchev–Trinajstić information content (AvgIpc) is 2.79. The number of nitrogens with zero attached hydrogens (tertiary/aromatic N) is 2. The van der Waals surface area contributed by atoms with Gasteiger partial charge < -0.3 is 5.32 Å². The van der Waals surface area contributed by atoms with Crippen LogP contribution in [0.25, 0.3) is 16.6 Å². The molecule has 33 heavy (non-hydrogen) atoms. The molecule has 0 saturated heterocycles. The molecule has 1 aliphatic rings. The Bertz CT molecular complexity index is 1250. The molecule has 5 nitrogen and oxygen atoms in total. The Morgan fingerprint density at radius 3 is 2.76 bits per heavy atom. The zero-order valence-electron chi connectivity index (χ0n) is 18.8. The van der Waals surface area contributed by atoms with Gasteiger partial charge in [-0.3, -0.25) is 14.2 Å². The molecule has 0 bridgehead atoms. The molecule has 0 aliphatic heterocycles. The third kappa shape index (κ3) is 4.94. The van der Waals surface area contributed by atoms with Gasteiger partial charge in [0.05, 0.1) is 26.9 Å². The molecular formula is C25H27ClFN3O2S. The van der Waals surface area contributed by atoms with Crippen LogP contribution in [0.3, 0.4) is 0 Å². The number of nitrogens with one attached hydrogen (secondary N) is 1. The lowest BCUT2D eigenvalue weighted by Crippen LogP contribution is -2.46. The van der Waals surface area contributed by atoms with Gasteiger partial charge in [-0.1, -0.05) is 62.2 Å². The van der Waals surface area contributed by atoms with Crippen molar-refractivity contribution < 1.29 is 9.18 Å². The van der Waals surface area contributed by atoms with Gasteiger partial charge in [0.2, 0.25) is 5.91 Å². The summed E-state index contributed by atoms with van der Waals surface area (Å²) < 4.78 is 15.2. The SMILES string of the molecule is C[C@@H]1[C@@H](C)CCC[C@H]1NC(=O)[C@H](C)Sc1nc2ccccc2c(=O)n1-c1ccc(F)c(Cl)c1. The van der Waals surface area contributed by atoms with Crippen LogP contribution in [0.1, 0.15) is 40.0 Å². The van der Waals surface area contributed by atoms with E-state index in [1.165, 1.54) is 40.9 Å². The van der Waals surface area contributed by atoms with Crippen LogP contribution in [0.4, 0.5) is 4.39 Å². The molecule has 0 unspecified atom stereocenters. The zero-order chi connectivity index (χ0) is 23.7. The number of carbonyl (C=O) groups excluding carboxylic acids is 1. The molecule has 1 fully saturated rings. The average molecular weight is 488 g/mol. The van der Waals surface area contributed by atoms with Crippen LogP contribution in [0.15, 0.2) is 52.4 Å². The first-order valence-corrected chi connectivity index (χ1v) is 12.5. The molecule has 4 rings (SSSR count). The van der Waals surface area contributed by atoms with Crippen LogP contribution >= 0.6 is 23.4 Å². The normalized spacial score (nSPS) is 21.7. The van der Waals surface area contributed by atoms with Crippen molar-refractivity contribution in [3.05, 3.63) is 63.7 Å². The number of rotatable bonds is 5. The molecule has 4 atom stereocenters. The number of fused-ring (bicyclic) bond motifs is 1. The van der Waals surface area contributed by atoms with Crippen LogP contribution in [-0.4, -0.2) is 26.8 Å². The highest BCUT2D eigenvalue weighted by molar-refractivity contribution is 8.00. The maximum atomic E-state index is 13.8. The number of para-hydroxylation sites is 1. The minimum absolute atomic E-state index is 0.0861. The van der Waals surface area contributed by atoms with Crippen molar-refractivity contribution in [2.24, 2.45) is 11.8 Å².